The van der Waals surface area contributed by atoms with Crippen molar-refractivity contribution in [3.8, 4) is 0 Å². The predicted octanol–water partition coefficient (Wildman–Crippen LogP) is 3.71. The van der Waals surface area contributed by atoms with Gasteiger partial charge in [0.15, 0.2) is 0 Å². The van der Waals surface area contributed by atoms with Gasteiger partial charge in [-0.15, -0.1) is 0 Å². The van der Waals surface area contributed by atoms with Crippen molar-refractivity contribution in [2.75, 3.05) is 6.54 Å². The average Bonchev–Trinajstić information content (AvgIpc) is 2.19. The second-order valence-corrected chi connectivity index (χ2v) is 2.81. The van der Waals surface area contributed by atoms with Crippen LogP contribution in [0.2, 0.25) is 0 Å². The van der Waals surface area contributed by atoms with E-state index in [1.165, 1.54) is 0 Å². The van der Waals surface area contributed by atoms with Gasteiger partial charge in [0, 0.05) is 19.5 Å². The number of amides is 1. The summed E-state index contributed by atoms with van der Waals surface area (Å²) in [5.74, 6) is 0.178. The maximum atomic E-state index is 10.9. The lowest BCUT2D eigenvalue weighted by Crippen LogP contribution is -2.35. The number of carbonyl (C=O) groups excluding carboxylic acids is 1. The van der Waals surface area contributed by atoms with Crippen LogP contribution in [0, 0.1) is 0 Å². The SMILES string of the molecule is CC.CC.CCCN(C(C)=O)C(C)C. The number of carbonyl (C=O) groups is 1. The Hall–Kier alpha value is -0.530. The zero-order valence-electron chi connectivity index (χ0n) is 11.3. The van der Waals surface area contributed by atoms with Crippen molar-refractivity contribution in [2.24, 2.45) is 0 Å². The van der Waals surface area contributed by atoms with Gasteiger partial charge in [0.05, 0.1) is 0 Å². The van der Waals surface area contributed by atoms with Crippen molar-refractivity contribution in [1.29, 1.82) is 0 Å². The van der Waals surface area contributed by atoms with Gasteiger partial charge < -0.3 is 4.90 Å². The summed E-state index contributed by atoms with van der Waals surface area (Å²) < 4.78 is 0. The van der Waals surface area contributed by atoms with Gasteiger partial charge in [-0.05, 0) is 20.3 Å². The minimum Gasteiger partial charge on any atom is -0.341 e. The predicted molar refractivity (Wildman–Crippen MR) is 65.5 cm³/mol. The molecule has 88 valence electrons. The largest absolute Gasteiger partial charge is 0.341 e. The highest BCUT2D eigenvalue weighted by Gasteiger charge is 2.09. The molecule has 0 radical (unpaired) electrons. The van der Waals surface area contributed by atoms with Crippen LogP contribution in [0.3, 0.4) is 0 Å². The summed E-state index contributed by atoms with van der Waals surface area (Å²) >= 11 is 0. The van der Waals surface area contributed by atoms with E-state index in [4.69, 9.17) is 0 Å². The molecule has 2 heteroatoms. The molecule has 0 atom stereocenters. The molecule has 0 heterocycles. The first kappa shape index (κ1) is 19.1. The van der Waals surface area contributed by atoms with Crippen LogP contribution in [0.25, 0.3) is 0 Å². The lowest BCUT2D eigenvalue weighted by atomic mass is 10.3. The highest BCUT2D eigenvalue weighted by atomic mass is 16.2. The fraction of sp³-hybridized carbons (Fsp3) is 0.917. The molecule has 0 aromatic heterocycles. The summed E-state index contributed by atoms with van der Waals surface area (Å²) in [6.45, 7) is 16.7. The monoisotopic (exact) mass is 203 g/mol. The molecule has 1 amide bonds. The Balaban J connectivity index is -0.000000266. The Morgan fingerprint density at radius 3 is 1.57 bits per heavy atom. The highest BCUT2D eigenvalue weighted by molar-refractivity contribution is 5.73. The molecule has 0 saturated heterocycles. The van der Waals surface area contributed by atoms with Crippen molar-refractivity contribution in [3.63, 3.8) is 0 Å². The summed E-state index contributed by atoms with van der Waals surface area (Å²) in [7, 11) is 0. The van der Waals surface area contributed by atoms with Crippen molar-refractivity contribution < 1.29 is 4.79 Å². The second kappa shape index (κ2) is 15.0. The standard InChI is InChI=1S/C8H17NO.2C2H6/c1-5-6-9(7(2)3)8(4)10;2*1-2/h7H,5-6H2,1-4H3;2*1-2H3. The third-order valence-corrected chi connectivity index (χ3v) is 1.49. The molecule has 0 aliphatic carbocycles. The first-order chi connectivity index (χ1) is 6.59. The lowest BCUT2D eigenvalue weighted by Gasteiger charge is -2.24. The summed E-state index contributed by atoms with van der Waals surface area (Å²) in [6, 6.07) is 0.345. The molecule has 0 aliphatic heterocycles. The van der Waals surface area contributed by atoms with E-state index in [9.17, 15) is 4.79 Å². The molecule has 0 fully saturated rings. The van der Waals surface area contributed by atoms with Crippen molar-refractivity contribution >= 4 is 5.91 Å². The summed E-state index contributed by atoms with van der Waals surface area (Å²) in [6.07, 6.45) is 1.04. The van der Waals surface area contributed by atoms with E-state index in [2.05, 4.69) is 6.92 Å². The molecule has 0 aromatic rings. The van der Waals surface area contributed by atoms with Crippen LogP contribution in [-0.4, -0.2) is 23.4 Å². The Kier molecular flexibility index (Phi) is 20.4. The minimum absolute atomic E-state index is 0.178. The first-order valence-electron chi connectivity index (χ1n) is 5.86. The number of hydrogen-bond acceptors (Lipinski definition) is 1. The molecule has 0 rings (SSSR count). The van der Waals surface area contributed by atoms with E-state index in [0.717, 1.165) is 13.0 Å². The van der Waals surface area contributed by atoms with E-state index in [0.29, 0.717) is 6.04 Å². The maximum Gasteiger partial charge on any atom is 0.219 e. The van der Waals surface area contributed by atoms with Crippen LogP contribution in [0.1, 0.15) is 61.8 Å². The van der Waals surface area contributed by atoms with Crippen molar-refractivity contribution in [3.05, 3.63) is 0 Å². The van der Waals surface area contributed by atoms with Gasteiger partial charge in [-0.25, -0.2) is 0 Å². The van der Waals surface area contributed by atoms with Crippen LogP contribution in [0.5, 0.6) is 0 Å². The Labute approximate surface area is 90.7 Å². The molecule has 0 unspecified atom stereocenters. The molecule has 0 saturated carbocycles. The Bertz CT molecular complexity index is 111. The van der Waals surface area contributed by atoms with Crippen LogP contribution >= 0.6 is 0 Å². The van der Waals surface area contributed by atoms with Crippen LogP contribution in [0.15, 0.2) is 0 Å². The Morgan fingerprint density at radius 2 is 1.50 bits per heavy atom. The summed E-state index contributed by atoms with van der Waals surface area (Å²) in [4.78, 5) is 12.8. The third kappa shape index (κ3) is 11.5. The van der Waals surface area contributed by atoms with Gasteiger partial charge >= 0.3 is 0 Å². The number of hydrogen-bond donors (Lipinski definition) is 0. The fourth-order valence-corrected chi connectivity index (χ4v) is 1.02. The minimum atomic E-state index is 0.178. The van der Waals surface area contributed by atoms with Gasteiger partial charge in [0.1, 0.15) is 0 Å². The van der Waals surface area contributed by atoms with Crippen LogP contribution < -0.4 is 0 Å². The molecule has 0 aromatic carbocycles. The fourth-order valence-electron chi connectivity index (χ4n) is 1.02. The van der Waals surface area contributed by atoms with Crippen LogP contribution in [-0.2, 0) is 4.79 Å². The van der Waals surface area contributed by atoms with E-state index < -0.39 is 0 Å². The third-order valence-electron chi connectivity index (χ3n) is 1.49. The van der Waals surface area contributed by atoms with E-state index in [-0.39, 0.29) is 5.91 Å². The Morgan fingerprint density at radius 1 is 1.14 bits per heavy atom. The zero-order valence-corrected chi connectivity index (χ0v) is 11.3. The number of nitrogens with zero attached hydrogens (tertiary/aromatic N) is 1. The molecular weight excluding hydrogens is 174 g/mol. The van der Waals surface area contributed by atoms with Gasteiger partial charge in [0.2, 0.25) is 5.91 Å². The topological polar surface area (TPSA) is 20.3 Å². The normalized spacial score (nSPS) is 8.07. The van der Waals surface area contributed by atoms with Crippen molar-refractivity contribution in [1.82, 2.24) is 4.90 Å². The van der Waals surface area contributed by atoms with Gasteiger partial charge in [0.25, 0.3) is 0 Å². The number of rotatable bonds is 3. The molecule has 0 spiro atoms. The molecule has 2 nitrogen and oxygen atoms in total. The average molecular weight is 203 g/mol. The van der Waals surface area contributed by atoms with Gasteiger partial charge in [-0.2, -0.15) is 0 Å². The second-order valence-electron chi connectivity index (χ2n) is 2.81. The lowest BCUT2D eigenvalue weighted by molar-refractivity contribution is -0.130. The molecule has 0 aliphatic rings. The molecular formula is C12H29NO. The maximum absolute atomic E-state index is 10.9. The van der Waals surface area contributed by atoms with E-state index in [1.807, 2.05) is 46.4 Å². The van der Waals surface area contributed by atoms with Gasteiger partial charge in [-0.1, -0.05) is 34.6 Å². The van der Waals surface area contributed by atoms with E-state index >= 15 is 0 Å². The summed E-state index contributed by atoms with van der Waals surface area (Å²) in [5, 5.41) is 0. The molecule has 0 N–H and O–H groups in total. The molecule has 0 bridgehead atoms. The van der Waals surface area contributed by atoms with E-state index in [1.54, 1.807) is 6.92 Å². The smallest absolute Gasteiger partial charge is 0.219 e. The summed E-state index contributed by atoms with van der Waals surface area (Å²) in [5.41, 5.74) is 0. The van der Waals surface area contributed by atoms with Gasteiger partial charge in [-0.3, -0.25) is 4.79 Å². The first-order valence-corrected chi connectivity index (χ1v) is 5.86. The van der Waals surface area contributed by atoms with Crippen LogP contribution in [0.4, 0.5) is 0 Å². The highest BCUT2D eigenvalue weighted by Crippen LogP contribution is 1.99. The molecule has 14 heavy (non-hydrogen) atoms. The van der Waals surface area contributed by atoms with Crippen molar-refractivity contribution in [2.45, 2.75) is 67.9 Å². The quantitative estimate of drug-likeness (QED) is 0.685. The zero-order chi connectivity index (χ0) is 12.1.